The van der Waals surface area contributed by atoms with E-state index in [0.717, 1.165) is 27.9 Å². The maximum Gasteiger partial charge on any atom is 0.133 e. The van der Waals surface area contributed by atoms with Crippen molar-refractivity contribution in [2.24, 2.45) is 0 Å². The van der Waals surface area contributed by atoms with Gasteiger partial charge in [0.25, 0.3) is 0 Å². The van der Waals surface area contributed by atoms with Crippen LogP contribution in [0.5, 0.6) is 0 Å². The van der Waals surface area contributed by atoms with Crippen LogP contribution in [-0.2, 0) is 24.5 Å². The first-order valence-corrected chi connectivity index (χ1v) is 7.86. The van der Waals surface area contributed by atoms with Gasteiger partial charge in [-0.15, -0.1) is 0 Å². The molecule has 0 unspecified atom stereocenters. The lowest BCUT2D eigenvalue weighted by Crippen LogP contribution is -2.35. The minimum atomic E-state index is 0.0890. The van der Waals surface area contributed by atoms with E-state index in [1.54, 1.807) is 6.26 Å². The minimum Gasteiger partial charge on any atom is -0.467 e. The van der Waals surface area contributed by atoms with Crippen LogP contribution in [0.3, 0.4) is 0 Å². The van der Waals surface area contributed by atoms with Crippen molar-refractivity contribution in [3.05, 3.63) is 58.0 Å². The Hall–Kier alpha value is -1.10. The summed E-state index contributed by atoms with van der Waals surface area (Å²) in [5.74, 6) is 0.891. The van der Waals surface area contributed by atoms with Gasteiger partial charge in [-0.3, -0.25) is 0 Å². The fraction of sp³-hybridized carbons (Fsp3) is 0.412. The number of hydrogen-bond donors (Lipinski definition) is 1. The van der Waals surface area contributed by atoms with Gasteiger partial charge in [-0.25, -0.2) is 0 Å². The molecule has 0 saturated carbocycles. The highest BCUT2D eigenvalue weighted by Crippen LogP contribution is 2.16. The fourth-order valence-corrected chi connectivity index (χ4v) is 2.35. The van der Waals surface area contributed by atoms with Gasteiger partial charge in [0.2, 0.25) is 0 Å². The molecule has 0 radical (unpaired) electrons. The van der Waals surface area contributed by atoms with Crippen LogP contribution in [0.15, 0.2) is 45.5 Å². The number of hydrogen-bond acceptors (Lipinski definition) is 3. The Kier molecular flexibility index (Phi) is 5.62. The molecule has 1 aromatic heterocycles. The molecule has 0 bridgehead atoms. The van der Waals surface area contributed by atoms with Crippen LogP contribution < -0.4 is 5.32 Å². The Labute approximate surface area is 134 Å². The zero-order valence-electron chi connectivity index (χ0n) is 12.8. The lowest BCUT2D eigenvalue weighted by molar-refractivity contribution is 0.0920. The molecule has 0 aliphatic rings. The lowest BCUT2D eigenvalue weighted by Gasteiger charge is -2.20. The van der Waals surface area contributed by atoms with Crippen LogP contribution in [-0.4, -0.2) is 5.54 Å². The Bertz CT molecular complexity index is 572. The van der Waals surface area contributed by atoms with Gasteiger partial charge in [0.05, 0.1) is 12.9 Å². The molecule has 0 spiro atoms. The molecule has 1 heterocycles. The molecule has 0 saturated heterocycles. The molecule has 4 heteroatoms. The van der Waals surface area contributed by atoms with Crippen LogP contribution in [0, 0.1) is 0 Å². The van der Waals surface area contributed by atoms with Gasteiger partial charge in [-0.05, 0) is 44.5 Å². The van der Waals surface area contributed by atoms with E-state index in [4.69, 9.17) is 9.15 Å². The number of furan rings is 1. The van der Waals surface area contributed by atoms with Crippen molar-refractivity contribution < 1.29 is 9.15 Å². The summed E-state index contributed by atoms with van der Waals surface area (Å²) < 4.78 is 12.3. The molecule has 3 nitrogen and oxygen atoms in total. The van der Waals surface area contributed by atoms with E-state index in [0.29, 0.717) is 13.2 Å². The normalized spacial score (nSPS) is 11.8. The summed E-state index contributed by atoms with van der Waals surface area (Å²) in [4.78, 5) is 0. The van der Waals surface area contributed by atoms with Gasteiger partial charge < -0.3 is 14.5 Å². The second kappa shape index (κ2) is 7.25. The number of benzene rings is 1. The monoisotopic (exact) mass is 351 g/mol. The predicted molar refractivity (Wildman–Crippen MR) is 87.9 cm³/mol. The topological polar surface area (TPSA) is 34.4 Å². The van der Waals surface area contributed by atoms with Crippen LogP contribution in [0.2, 0.25) is 0 Å². The third-order valence-electron chi connectivity index (χ3n) is 3.04. The summed E-state index contributed by atoms with van der Waals surface area (Å²) in [6.45, 7) is 8.30. The van der Waals surface area contributed by atoms with Crippen molar-refractivity contribution in [3.63, 3.8) is 0 Å². The maximum absolute atomic E-state index is 5.75. The van der Waals surface area contributed by atoms with E-state index in [9.17, 15) is 0 Å². The molecular formula is C17H22BrNO2. The number of nitrogens with one attached hydrogen (secondary N) is 1. The van der Waals surface area contributed by atoms with Crippen molar-refractivity contribution >= 4 is 15.9 Å². The first-order valence-electron chi connectivity index (χ1n) is 7.06. The van der Waals surface area contributed by atoms with Crippen molar-refractivity contribution in [1.29, 1.82) is 0 Å². The molecule has 0 aliphatic carbocycles. The number of ether oxygens (including phenoxy) is 1. The SMILES string of the molecule is CC(C)(C)NCc1ccoc1COCc1cccc(Br)c1. The van der Waals surface area contributed by atoms with Crippen molar-refractivity contribution in [2.45, 2.75) is 46.1 Å². The molecule has 1 N–H and O–H groups in total. The first-order chi connectivity index (χ1) is 9.94. The third-order valence-corrected chi connectivity index (χ3v) is 3.53. The van der Waals surface area contributed by atoms with Gasteiger partial charge >= 0.3 is 0 Å². The van der Waals surface area contributed by atoms with E-state index in [1.165, 1.54) is 0 Å². The zero-order chi connectivity index (χ0) is 15.3. The molecular weight excluding hydrogens is 330 g/mol. The quantitative estimate of drug-likeness (QED) is 0.822. The lowest BCUT2D eigenvalue weighted by atomic mass is 10.1. The average Bonchev–Trinajstić information content (AvgIpc) is 2.83. The van der Waals surface area contributed by atoms with Gasteiger partial charge in [0, 0.05) is 22.1 Å². The number of rotatable bonds is 6. The summed E-state index contributed by atoms with van der Waals surface area (Å²) in [5.41, 5.74) is 2.38. The Morgan fingerprint density at radius 3 is 2.71 bits per heavy atom. The van der Waals surface area contributed by atoms with Gasteiger partial charge in [0.15, 0.2) is 0 Å². The third kappa shape index (κ3) is 5.65. The van der Waals surface area contributed by atoms with Gasteiger partial charge in [-0.2, -0.15) is 0 Å². The van der Waals surface area contributed by atoms with Gasteiger partial charge in [0.1, 0.15) is 12.4 Å². The van der Waals surface area contributed by atoms with Crippen molar-refractivity contribution in [1.82, 2.24) is 5.32 Å². The van der Waals surface area contributed by atoms with Crippen LogP contribution in [0.1, 0.15) is 37.7 Å². The minimum absolute atomic E-state index is 0.0890. The first kappa shape index (κ1) is 16.3. The summed E-state index contributed by atoms with van der Waals surface area (Å²) in [6.07, 6.45) is 1.72. The second-order valence-corrected chi connectivity index (χ2v) is 7.01. The molecule has 1 aromatic carbocycles. The van der Waals surface area contributed by atoms with Crippen LogP contribution >= 0.6 is 15.9 Å². The predicted octanol–water partition coefficient (Wildman–Crippen LogP) is 4.65. The molecule has 21 heavy (non-hydrogen) atoms. The van der Waals surface area contributed by atoms with Gasteiger partial charge in [-0.1, -0.05) is 28.1 Å². The average molecular weight is 352 g/mol. The van der Waals surface area contributed by atoms with Crippen LogP contribution in [0.25, 0.3) is 0 Å². The molecule has 114 valence electrons. The highest BCUT2D eigenvalue weighted by molar-refractivity contribution is 9.10. The molecule has 0 amide bonds. The van der Waals surface area contributed by atoms with E-state index in [2.05, 4.69) is 54.2 Å². The van der Waals surface area contributed by atoms with E-state index >= 15 is 0 Å². The highest BCUT2D eigenvalue weighted by atomic mass is 79.9. The maximum atomic E-state index is 5.75. The van der Waals surface area contributed by atoms with Crippen molar-refractivity contribution in [3.8, 4) is 0 Å². The van der Waals surface area contributed by atoms with Crippen molar-refractivity contribution in [2.75, 3.05) is 0 Å². The zero-order valence-corrected chi connectivity index (χ0v) is 14.4. The summed E-state index contributed by atoms with van der Waals surface area (Å²) >= 11 is 3.46. The number of halogens is 1. The summed E-state index contributed by atoms with van der Waals surface area (Å²) in [6, 6.07) is 10.1. The summed E-state index contributed by atoms with van der Waals surface area (Å²) in [5, 5.41) is 3.46. The summed E-state index contributed by atoms with van der Waals surface area (Å²) in [7, 11) is 0. The molecule has 2 rings (SSSR count). The standard InChI is InChI=1S/C17H22BrNO2/c1-17(2,3)19-10-14-7-8-21-16(14)12-20-11-13-5-4-6-15(18)9-13/h4-9,19H,10-12H2,1-3H3. The second-order valence-electron chi connectivity index (χ2n) is 6.10. The smallest absolute Gasteiger partial charge is 0.133 e. The molecule has 2 aromatic rings. The van der Waals surface area contributed by atoms with Crippen LogP contribution in [0.4, 0.5) is 0 Å². The van der Waals surface area contributed by atoms with E-state index in [1.807, 2.05) is 18.2 Å². The molecule has 0 aliphatic heterocycles. The van der Waals surface area contributed by atoms with E-state index in [-0.39, 0.29) is 5.54 Å². The Morgan fingerprint density at radius 2 is 2.00 bits per heavy atom. The largest absolute Gasteiger partial charge is 0.467 e. The molecule has 0 atom stereocenters. The Balaban J connectivity index is 1.85. The highest BCUT2D eigenvalue weighted by Gasteiger charge is 2.12. The Morgan fingerprint density at radius 1 is 1.19 bits per heavy atom. The molecule has 0 fully saturated rings. The fourth-order valence-electron chi connectivity index (χ4n) is 1.90. The van der Waals surface area contributed by atoms with E-state index < -0.39 is 0 Å².